The van der Waals surface area contributed by atoms with Crippen molar-refractivity contribution in [1.82, 2.24) is 0 Å². The van der Waals surface area contributed by atoms with Crippen LogP contribution in [0.15, 0.2) is 18.2 Å². The highest BCUT2D eigenvalue weighted by molar-refractivity contribution is 6.02. The summed E-state index contributed by atoms with van der Waals surface area (Å²) in [5.74, 6) is 0.514. The highest BCUT2D eigenvalue weighted by Gasteiger charge is 2.26. The molecular formula is C12H14O. The van der Waals surface area contributed by atoms with Crippen LogP contribution < -0.4 is 0 Å². The summed E-state index contributed by atoms with van der Waals surface area (Å²) in [6.45, 7) is 4.15. The van der Waals surface area contributed by atoms with Crippen molar-refractivity contribution >= 4 is 5.78 Å². The summed E-state index contributed by atoms with van der Waals surface area (Å²) >= 11 is 0. The first-order valence-corrected chi connectivity index (χ1v) is 4.88. The first-order chi connectivity index (χ1) is 6.22. The number of fused-ring (bicyclic) bond motifs is 1. The summed E-state index contributed by atoms with van der Waals surface area (Å²) < 4.78 is 0. The molecule has 1 nitrogen and oxygen atoms in total. The van der Waals surface area contributed by atoms with E-state index in [0.29, 0.717) is 5.78 Å². The molecule has 0 aliphatic heterocycles. The number of Topliss-reactive ketones (excluding diaryl/α,β-unsaturated/α-hetero) is 1. The van der Waals surface area contributed by atoms with Gasteiger partial charge in [0.2, 0.25) is 0 Å². The summed E-state index contributed by atoms with van der Waals surface area (Å²) in [4.78, 5) is 11.6. The third kappa shape index (κ3) is 1.28. The molecule has 0 heterocycles. The van der Waals surface area contributed by atoms with Crippen LogP contribution in [0.25, 0.3) is 0 Å². The van der Waals surface area contributed by atoms with Crippen molar-refractivity contribution in [2.45, 2.75) is 26.7 Å². The van der Waals surface area contributed by atoms with E-state index in [1.54, 1.807) is 0 Å². The van der Waals surface area contributed by atoms with E-state index in [0.717, 1.165) is 18.4 Å². The number of aryl methyl sites for hydroxylation is 1. The van der Waals surface area contributed by atoms with Gasteiger partial charge in [0, 0.05) is 11.5 Å². The van der Waals surface area contributed by atoms with Crippen LogP contribution in [0.2, 0.25) is 0 Å². The molecule has 0 saturated carbocycles. The standard InChI is InChI=1S/C12H14O/c1-3-9-4-5-11-10(7-9)6-8(2)12(11)13/h4-5,7-8H,3,6H2,1-2H3. The van der Waals surface area contributed by atoms with Crippen LogP contribution in [-0.2, 0) is 12.8 Å². The zero-order valence-corrected chi connectivity index (χ0v) is 8.13. The maximum Gasteiger partial charge on any atom is 0.166 e. The second kappa shape index (κ2) is 2.99. The third-order valence-electron chi connectivity index (χ3n) is 2.82. The Morgan fingerprint density at radius 3 is 2.92 bits per heavy atom. The average Bonchev–Trinajstić information content (AvgIpc) is 2.42. The van der Waals surface area contributed by atoms with Crippen molar-refractivity contribution in [2.75, 3.05) is 0 Å². The van der Waals surface area contributed by atoms with Crippen LogP contribution in [0.4, 0.5) is 0 Å². The average molecular weight is 174 g/mol. The molecule has 68 valence electrons. The van der Waals surface area contributed by atoms with Crippen molar-refractivity contribution in [3.63, 3.8) is 0 Å². The number of carbonyl (C=O) groups excluding carboxylic acids is 1. The minimum Gasteiger partial charge on any atom is -0.294 e. The quantitative estimate of drug-likeness (QED) is 0.639. The van der Waals surface area contributed by atoms with Gasteiger partial charge in [0.1, 0.15) is 0 Å². The van der Waals surface area contributed by atoms with Gasteiger partial charge in [-0.2, -0.15) is 0 Å². The van der Waals surface area contributed by atoms with Crippen LogP contribution in [0, 0.1) is 5.92 Å². The van der Waals surface area contributed by atoms with Crippen LogP contribution >= 0.6 is 0 Å². The molecule has 0 N–H and O–H groups in total. The third-order valence-corrected chi connectivity index (χ3v) is 2.82. The van der Waals surface area contributed by atoms with Gasteiger partial charge in [-0.05, 0) is 24.0 Å². The fourth-order valence-electron chi connectivity index (χ4n) is 1.96. The molecule has 1 aromatic rings. The number of rotatable bonds is 1. The first kappa shape index (κ1) is 8.49. The lowest BCUT2D eigenvalue weighted by Crippen LogP contribution is -2.02. The van der Waals surface area contributed by atoms with Crippen molar-refractivity contribution in [1.29, 1.82) is 0 Å². The predicted molar refractivity (Wildman–Crippen MR) is 53.0 cm³/mol. The van der Waals surface area contributed by atoms with E-state index in [1.165, 1.54) is 11.1 Å². The molecule has 0 radical (unpaired) electrons. The summed E-state index contributed by atoms with van der Waals surface area (Å²) in [5, 5.41) is 0. The molecule has 0 aromatic heterocycles. The van der Waals surface area contributed by atoms with E-state index in [4.69, 9.17) is 0 Å². The molecule has 1 aromatic carbocycles. The molecule has 0 fully saturated rings. The van der Waals surface area contributed by atoms with Gasteiger partial charge in [0.15, 0.2) is 5.78 Å². The summed E-state index contributed by atoms with van der Waals surface area (Å²) in [6.07, 6.45) is 1.98. The summed E-state index contributed by atoms with van der Waals surface area (Å²) in [7, 11) is 0. The van der Waals surface area contributed by atoms with Crippen molar-refractivity contribution < 1.29 is 4.79 Å². The minimum absolute atomic E-state index is 0.196. The Kier molecular flexibility index (Phi) is 1.95. The molecule has 1 atom stereocenters. The lowest BCUT2D eigenvalue weighted by atomic mass is 10.0. The van der Waals surface area contributed by atoms with Crippen molar-refractivity contribution in [2.24, 2.45) is 5.92 Å². The van der Waals surface area contributed by atoms with Gasteiger partial charge >= 0.3 is 0 Å². The molecule has 0 amide bonds. The highest BCUT2D eigenvalue weighted by atomic mass is 16.1. The molecular weight excluding hydrogens is 160 g/mol. The maximum absolute atomic E-state index is 11.6. The Hall–Kier alpha value is -1.11. The Morgan fingerprint density at radius 2 is 2.23 bits per heavy atom. The van der Waals surface area contributed by atoms with Gasteiger partial charge in [0.05, 0.1) is 0 Å². The Bertz CT molecular complexity index is 352. The molecule has 1 aliphatic carbocycles. The number of hydrogen-bond donors (Lipinski definition) is 0. The highest BCUT2D eigenvalue weighted by Crippen LogP contribution is 2.27. The summed E-state index contributed by atoms with van der Waals surface area (Å²) in [5.41, 5.74) is 3.53. The second-order valence-electron chi connectivity index (χ2n) is 3.81. The van der Waals surface area contributed by atoms with E-state index in [9.17, 15) is 4.79 Å². The molecule has 13 heavy (non-hydrogen) atoms. The smallest absolute Gasteiger partial charge is 0.166 e. The van der Waals surface area contributed by atoms with Gasteiger partial charge in [0.25, 0.3) is 0 Å². The molecule has 2 rings (SSSR count). The van der Waals surface area contributed by atoms with Crippen LogP contribution in [0.3, 0.4) is 0 Å². The predicted octanol–water partition coefficient (Wildman–Crippen LogP) is 2.62. The zero-order chi connectivity index (χ0) is 9.42. The van der Waals surface area contributed by atoms with Gasteiger partial charge in [-0.3, -0.25) is 4.79 Å². The van der Waals surface area contributed by atoms with Gasteiger partial charge in [-0.15, -0.1) is 0 Å². The van der Waals surface area contributed by atoms with Gasteiger partial charge in [-0.1, -0.05) is 32.0 Å². The Labute approximate surface area is 78.8 Å². The number of benzene rings is 1. The topological polar surface area (TPSA) is 17.1 Å². The minimum atomic E-state index is 0.196. The van der Waals surface area contributed by atoms with Gasteiger partial charge in [-0.25, -0.2) is 0 Å². The fraction of sp³-hybridized carbons (Fsp3) is 0.417. The number of ketones is 1. The lowest BCUT2D eigenvalue weighted by Gasteiger charge is -2.00. The monoisotopic (exact) mass is 174 g/mol. The molecule has 0 saturated heterocycles. The van der Waals surface area contributed by atoms with Crippen LogP contribution in [0.1, 0.15) is 35.3 Å². The van der Waals surface area contributed by atoms with E-state index in [-0.39, 0.29) is 5.92 Å². The van der Waals surface area contributed by atoms with Crippen molar-refractivity contribution in [3.8, 4) is 0 Å². The molecule has 1 unspecified atom stereocenters. The Morgan fingerprint density at radius 1 is 1.46 bits per heavy atom. The van der Waals surface area contributed by atoms with E-state index >= 15 is 0 Å². The molecule has 1 heteroatoms. The normalized spacial score (nSPS) is 20.5. The molecule has 0 spiro atoms. The van der Waals surface area contributed by atoms with E-state index in [1.807, 2.05) is 13.0 Å². The SMILES string of the molecule is CCc1ccc2c(c1)CC(C)C2=O. The van der Waals surface area contributed by atoms with Crippen molar-refractivity contribution in [3.05, 3.63) is 34.9 Å². The Balaban J connectivity index is 2.46. The lowest BCUT2D eigenvalue weighted by molar-refractivity contribution is 0.0946. The first-order valence-electron chi connectivity index (χ1n) is 4.88. The van der Waals surface area contributed by atoms with Crippen LogP contribution in [-0.4, -0.2) is 5.78 Å². The van der Waals surface area contributed by atoms with Crippen LogP contribution in [0.5, 0.6) is 0 Å². The zero-order valence-electron chi connectivity index (χ0n) is 8.13. The number of carbonyl (C=O) groups is 1. The molecule has 0 bridgehead atoms. The summed E-state index contributed by atoms with van der Waals surface area (Å²) in [6, 6.07) is 6.23. The van der Waals surface area contributed by atoms with Gasteiger partial charge < -0.3 is 0 Å². The number of hydrogen-bond acceptors (Lipinski definition) is 1. The largest absolute Gasteiger partial charge is 0.294 e. The maximum atomic E-state index is 11.6. The molecule has 1 aliphatic rings. The fourth-order valence-corrected chi connectivity index (χ4v) is 1.96. The second-order valence-corrected chi connectivity index (χ2v) is 3.81. The van der Waals surface area contributed by atoms with E-state index in [2.05, 4.69) is 19.1 Å². The van der Waals surface area contributed by atoms with E-state index < -0.39 is 0 Å².